The lowest BCUT2D eigenvalue weighted by Gasteiger charge is -2.12. The van der Waals surface area contributed by atoms with E-state index in [9.17, 15) is 14.4 Å². The number of hydrogen-bond acceptors (Lipinski definition) is 5. The molecule has 2 N–H and O–H groups in total. The average Bonchev–Trinajstić information content (AvgIpc) is 2.73. The van der Waals surface area contributed by atoms with Crippen molar-refractivity contribution < 1.29 is 19.1 Å². The van der Waals surface area contributed by atoms with E-state index in [1.165, 1.54) is 6.92 Å². The highest BCUT2D eigenvalue weighted by Gasteiger charge is 2.15. The Balaban J connectivity index is 1.61. The first-order valence-corrected chi connectivity index (χ1v) is 9.02. The lowest BCUT2D eigenvalue weighted by Crippen LogP contribution is -2.21. The molecule has 3 aromatic rings. The van der Waals surface area contributed by atoms with Gasteiger partial charge >= 0.3 is 5.97 Å². The summed E-state index contributed by atoms with van der Waals surface area (Å²) in [6.45, 7) is 1.01. The molecular weight excluding hydrogens is 368 g/mol. The molecule has 29 heavy (non-hydrogen) atoms. The van der Waals surface area contributed by atoms with Crippen LogP contribution in [0.1, 0.15) is 27.6 Å². The Hall–Kier alpha value is -3.93. The monoisotopic (exact) mass is 388 g/mol. The molecule has 0 saturated heterocycles. The van der Waals surface area contributed by atoms with E-state index in [4.69, 9.17) is 4.74 Å². The number of nitrogens with one attached hydrogen (secondary N) is 2. The minimum absolute atomic E-state index is 0.102. The van der Waals surface area contributed by atoms with Crippen molar-refractivity contribution in [3.8, 4) is 0 Å². The third-order valence-corrected chi connectivity index (χ3v) is 4.09. The van der Waals surface area contributed by atoms with Gasteiger partial charge < -0.3 is 15.4 Å². The van der Waals surface area contributed by atoms with Crippen LogP contribution in [0.3, 0.4) is 0 Å². The van der Waals surface area contributed by atoms with Crippen LogP contribution in [0.5, 0.6) is 0 Å². The zero-order valence-corrected chi connectivity index (χ0v) is 15.8. The molecule has 0 aliphatic carbocycles. The molecule has 3 rings (SSSR count). The standard InChI is InChI=1S/C23H20N2O4/c1-16(26)17-8-7-11-19(14-17)25-22(27)15-29-23(28)20-12-5-6-13-21(20)24-18-9-3-2-4-10-18/h2-14,24H,15H2,1H3,(H,25,27). The SMILES string of the molecule is CC(=O)c1cccc(NC(=O)COC(=O)c2ccccc2Nc2ccccc2)c1. The van der Waals surface area contributed by atoms with Gasteiger partial charge in [-0.2, -0.15) is 0 Å². The fourth-order valence-corrected chi connectivity index (χ4v) is 2.67. The van der Waals surface area contributed by atoms with Gasteiger partial charge in [-0.15, -0.1) is 0 Å². The molecule has 6 nitrogen and oxygen atoms in total. The third kappa shape index (κ3) is 5.52. The molecule has 0 atom stereocenters. The largest absolute Gasteiger partial charge is 0.452 e. The van der Waals surface area contributed by atoms with Gasteiger partial charge in [0.1, 0.15) is 0 Å². The molecule has 0 saturated carbocycles. The molecule has 0 heterocycles. The van der Waals surface area contributed by atoms with E-state index in [-0.39, 0.29) is 5.78 Å². The summed E-state index contributed by atoms with van der Waals surface area (Å²) in [5, 5.41) is 5.78. The lowest BCUT2D eigenvalue weighted by atomic mass is 10.1. The van der Waals surface area contributed by atoms with Crippen molar-refractivity contribution in [1.82, 2.24) is 0 Å². The number of rotatable bonds is 7. The topological polar surface area (TPSA) is 84.5 Å². The van der Waals surface area contributed by atoms with Crippen molar-refractivity contribution >= 4 is 34.7 Å². The summed E-state index contributed by atoms with van der Waals surface area (Å²) in [5.41, 5.74) is 2.68. The third-order valence-electron chi connectivity index (χ3n) is 4.09. The zero-order valence-electron chi connectivity index (χ0n) is 15.8. The van der Waals surface area contributed by atoms with E-state index >= 15 is 0 Å². The number of amides is 1. The van der Waals surface area contributed by atoms with E-state index < -0.39 is 18.5 Å². The Labute approximate surface area is 168 Å². The number of hydrogen-bond donors (Lipinski definition) is 2. The van der Waals surface area contributed by atoms with Crippen LogP contribution in [0.25, 0.3) is 0 Å². The highest BCUT2D eigenvalue weighted by molar-refractivity contribution is 6.00. The van der Waals surface area contributed by atoms with Crippen molar-refractivity contribution in [2.75, 3.05) is 17.2 Å². The second kappa shape index (κ2) is 9.32. The lowest BCUT2D eigenvalue weighted by molar-refractivity contribution is -0.119. The Kier molecular flexibility index (Phi) is 6.37. The molecule has 0 aliphatic heterocycles. The number of esters is 1. The van der Waals surface area contributed by atoms with Crippen LogP contribution < -0.4 is 10.6 Å². The number of ketones is 1. The maximum absolute atomic E-state index is 12.5. The summed E-state index contributed by atoms with van der Waals surface area (Å²) in [7, 11) is 0. The number of ether oxygens (including phenoxy) is 1. The van der Waals surface area contributed by atoms with Gasteiger partial charge in [0.15, 0.2) is 12.4 Å². The summed E-state index contributed by atoms with van der Waals surface area (Å²) in [6, 6.07) is 22.9. The first-order valence-electron chi connectivity index (χ1n) is 9.02. The second-order valence-electron chi connectivity index (χ2n) is 6.30. The summed E-state index contributed by atoms with van der Waals surface area (Å²) < 4.78 is 5.16. The van der Waals surface area contributed by atoms with E-state index in [0.29, 0.717) is 22.5 Å². The number of benzene rings is 3. The highest BCUT2D eigenvalue weighted by atomic mass is 16.5. The van der Waals surface area contributed by atoms with Crippen LogP contribution >= 0.6 is 0 Å². The predicted molar refractivity (Wildman–Crippen MR) is 112 cm³/mol. The predicted octanol–water partition coefficient (Wildman–Crippen LogP) is 4.43. The van der Waals surface area contributed by atoms with Crippen molar-refractivity contribution in [2.24, 2.45) is 0 Å². The molecule has 0 radical (unpaired) electrons. The van der Waals surface area contributed by atoms with Crippen LogP contribution in [0.4, 0.5) is 17.1 Å². The Morgan fingerprint density at radius 1 is 0.828 bits per heavy atom. The van der Waals surface area contributed by atoms with Gasteiger partial charge in [-0.1, -0.05) is 42.5 Å². The van der Waals surface area contributed by atoms with Gasteiger partial charge in [-0.25, -0.2) is 4.79 Å². The molecule has 146 valence electrons. The fraction of sp³-hybridized carbons (Fsp3) is 0.0870. The first kappa shape index (κ1) is 19.8. The van der Waals surface area contributed by atoms with E-state index in [2.05, 4.69) is 10.6 Å². The Bertz CT molecular complexity index is 1030. The van der Waals surface area contributed by atoms with Crippen LogP contribution in [0.15, 0.2) is 78.9 Å². The fourth-order valence-electron chi connectivity index (χ4n) is 2.67. The smallest absolute Gasteiger partial charge is 0.340 e. The van der Waals surface area contributed by atoms with E-state index in [1.54, 1.807) is 48.5 Å². The first-order chi connectivity index (χ1) is 14.0. The van der Waals surface area contributed by atoms with Gasteiger partial charge in [0.25, 0.3) is 5.91 Å². The molecule has 1 amide bonds. The van der Waals surface area contributed by atoms with Gasteiger partial charge in [0.05, 0.1) is 11.3 Å². The Morgan fingerprint density at radius 3 is 2.28 bits per heavy atom. The van der Waals surface area contributed by atoms with Gasteiger partial charge in [-0.3, -0.25) is 9.59 Å². The van der Waals surface area contributed by atoms with Crippen molar-refractivity contribution in [1.29, 1.82) is 0 Å². The molecular formula is C23H20N2O4. The molecule has 0 unspecified atom stereocenters. The van der Waals surface area contributed by atoms with Crippen LogP contribution in [-0.2, 0) is 9.53 Å². The van der Waals surface area contributed by atoms with Crippen molar-refractivity contribution in [3.63, 3.8) is 0 Å². The number of anilines is 3. The summed E-state index contributed by atoms with van der Waals surface area (Å²) in [4.78, 5) is 36.0. The molecule has 0 bridgehead atoms. The van der Waals surface area contributed by atoms with Crippen molar-refractivity contribution in [2.45, 2.75) is 6.92 Å². The van der Waals surface area contributed by atoms with Crippen molar-refractivity contribution in [3.05, 3.63) is 90.0 Å². The number of carbonyl (C=O) groups is 3. The number of carbonyl (C=O) groups excluding carboxylic acids is 3. The van der Waals surface area contributed by atoms with E-state index in [0.717, 1.165) is 5.69 Å². The summed E-state index contributed by atoms with van der Waals surface area (Å²) in [6.07, 6.45) is 0. The molecule has 0 aliphatic rings. The molecule has 6 heteroatoms. The maximum Gasteiger partial charge on any atom is 0.340 e. The van der Waals surface area contributed by atoms with E-state index in [1.807, 2.05) is 30.3 Å². The number of Topliss-reactive ketones (excluding diaryl/α,β-unsaturated/α-hetero) is 1. The molecule has 3 aromatic carbocycles. The Morgan fingerprint density at radius 2 is 1.52 bits per heavy atom. The zero-order chi connectivity index (χ0) is 20.6. The minimum atomic E-state index is -0.614. The minimum Gasteiger partial charge on any atom is -0.452 e. The molecule has 0 spiro atoms. The quantitative estimate of drug-likeness (QED) is 0.462. The van der Waals surface area contributed by atoms with Gasteiger partial charge in [0, 0.05) is 16.9 Å². The number of para-hydroxylation sites is 2. The average molecular weight is 388 g/mol. The normalized spacial score (nSPS) is 10.1. The van der Waals surface area contributed by atoms with Crippen LogP contribution in [0, 0.1) is 0 Å². The van der Waals surface area contributed by atoms with Crippen LogP contribution in [0.2, 0.25) is 0 Å². The van der Waals surface area contributed by atoms with Gasteiger partial charge in [0.2, 0.25) is 0 Å². The summed E-state index contributed by atoms with van der Waals surface area (Å²) >= 11 is 0. The van der Waals surface area contributed by atoms with Gasteiger partial charge in [-0.05, 0) is 43.3 Å². The molecule has 0 aromatic heterocycles. The summed E-state index contributed by atoms with van der Waals surface area (Å²) in [5.74, 6) is -1.21. The highest BCUT2D eigenvalue weighted by Crippen LogP contribution is 2.21. The molecule has 0 fully saturated rings. The van der Waals surface area contributed by atoms with Crippen LogP contribution in [-0.4, -0.2) is 24.3 Å². The maximum atomic E-state index is 12.5. The second-order valence-corrected chi connectivity index (χ2v) is 6.30.